The van der Waals surface area contributed by atoms with Crippen molar-refractivity contribution < 1.29 is 9.59 Å². The van der Waals surface area contributed by atoms with Gasteiger partial charge in [0.15, 0.2) is 11.6 Å². The summed E-state index contributed by atoms with van der Waals surface area (Å²) in [6.07, 6.45) is 9.51. The molecular weight excluding hydrogens is 512 g/mol. The molecule has 0 aromatic heterocycles. The first-order chi connectivity index (χ1) is 20.6. The van der Waals surface area contributed by atoms with Crippen LogP contribution in [0, 0.1) is 23.7 Å². The van der Waals surface area contributed by atoms with Gasteiger partial charge in [0, 0.05) is 44.5 Å². The standard InChI is InChI=1S/C40H36O2/c1-3-5-7-9-29-11-15-31(16-12-29)19-21-33-23-25-35-37(27-33)39(41)36-26-24-34(28-38(36)40(35)42)22-20-32-17-13-30(14-18-32)10-8-6-4-2/h11-18,23-28H,3-10H2,1-2H3. The Bertz CT molecular complexity index is 1580. The number of carbonyl (C=O) groups excluding carboxylic acids is 2. The zero-order valence-corrected chi connectivity index (χ0v) is 24.6. The first-order valence-corrected chi connectivity index (χ1v) is 15.1. The monoisotopic (exact) mass is 548 g/mol. The van der Waals surface area contributed by atoms with Crippen molar-refractivity contribution in [2.45, 2.75) is 65.2 Å². The fraction of sp³-hybridized carbons (Fsp3) is 0.250. The van der Waals surface area contributed by atoms with Crippen LogP contribution in [0.3, 0.4) is 0 Å². The number of benzene rings is 4. The third-order valence-corrected chi connectivity index (χ3v) is 7.77. The smallest absolute Gasteiger partial charge is 0.194 e. The van der Waals surface area contributed by atoms with Crippen molar-refractivity contribution in [2.75, 3.05) is 0 Å². The van der Waals surface area contributed by atoms with Gasteiger partial charge < -0.3 is 0 Å². The molecule has 5 rings (SSSR count). The molecule has 0 heterocycles. The number of carbonyl (C=O) groups is 2. The number of aryl methyl sites for hydroxylation is 2. The molecule has 1 aliphatic rings. The van der Waals surface area contributed by atoms with E-state index in [9.17, 15) is 9.59 Å². The lowest BCUT2D eigenvalue weighted by atomic mass is 9.82. The Morgan fingerprint density at radius 2 is 0.786 bits per heavy atom. The topological polar surface area (TPSA) is 34.1 Å². The average molecular weight is 549 g/mol. The molecule has 0 spiro atoms. The lowest BCUT2D eigenvalue weighted by Gasteiger charge is -2.17. The number of ketones is 2. The summed E-state index contributed by atoms with van der Waals surface area (Å²) in [5.74, 6) is 12.4. The number of fused-ring (bicyclic) bond motifs is 2. The maximum absolute atomic E-state index is 13.4. The van der Waals surface area contributed by atoms with E-state index >= 15 is 0 Å². The van der Waals surface area contributed by atoms with Gasteiger partial charge in [-0.2, -0.15) is 0 Å². The molecule has 2 heteroatoms. The number of unbranched alkanes of at least 4 members (excludes halogenated alkanes) is 4. The van der Waals surface area contributed by atoms with Crippen molar-refractivity contribution >= 4 is 11.6 Å². The molecule has 4 aromatic rings. The van der Waals surface area contributed by atoms with Gasteiger partial charge in [0.25, 0.3) is 0 Å². The highest BCUT2D eigenvalue weighted by molar-refractivity contribution is 6.28. The van der Waals surface area contributed by atoms with Gasteiger partial charge in [0.1, 0.15) is 0 Å². The van der Waals surface area contributed by atoms with Gasteiger partial charge in [0.05, 0.1) is 0 Å². The molecule has 0 saturated carbocycles. The van der Waals surface area contributed by atoms with Gasteiger partial charge in [-0.15, -0.1) is 0 Å². The van der Waals surface area contributed by atoms with Crippen molar-refractivity contribution in [3.8, 4) is 23.7 Å². The molecular formula is C40H36O2. The largest absolute Gasteiger partial charge is 0.289 e. The second-order valence-electron chi connectivity index (χ2n) is 11.0. The normalized spacial score (nSPS) is 11.6. The summed E-state index contributed by atoms with van der Waals surface area (Å²) in [5, 5.41) is 0. The summed E-state index contributed by atoms with van der Waals surface area (Å²) in [4.78, 5) is 26.8. The molecule has 0 aliphatic heterocycles. The predicted octanol–water partition coefficient (Wildman–Crippen LogP) is 8.73. The summed E-state index contributed by atoms with van der Waals surface area (Å²) in [6.45, 7) is 4.42. The molecule has 0 radical (unpaired) electrons. The summed E-state index contributed by atoms with van der Waals surface area (Å²) in [5.41, 5.74) is 7.57. The SMILES string of the molecule is CCCCCc1ccc(C#Cc2ccc3c(c2)C(=O)c2ccc(C#Cc4ccc(CCCCC)cc4)cc2C3=O)cc1. The minimum absolute atomic E-state index is 0.155. The molecule has 0 unspecified atom stereocenters. The molecule has 2 nitrogen and oxygen atoms in total. The Balaban J connectivity index is 1.30. The maximum Gasteiger partial charge on any atom is 0.194 e. The first-order valence-electron chi connectivity index (χ1n) is 15.1. The van der Waals surface area contributed by atoms with Crippen LogP contribution in [0.5, 0.6) is 0 Å². The Morgan fingerprint density at radius 1 is 0.429 bits per heavy atom. The molecule has 0 atom stereocenters. The summed E-state index contributed by atoms with van der Waals surface area (Å²) < 4.78 is 0. The number of rotatable bonds is 8. The first kappa shape index (κ1) is 28.9. The van der Waals surface area contributed by atoms with Crippen LogP contribution >= 0.6 is 0 Å². The van der Waals surface area contributed by atoms with Gasteiger partial charge in [-0.25, -0.2) is 0 Å². The predicted molar refractivity (Wildman–Crippen MR) is 171 cm³/mol. The number of hydrogen-bond donors (Lipinski definition) is 0. The van der Waals surface area contributed by atoms with E-state index < -0.39 is 0 Å². The van der Waals surface area contributed by atoms with E-state index in [4.69, 9.17) is 0 Å². The van der Waals surface area contributed by atoms with E-state index in [2.05, 4.69) is 61.8 Å². The highest BCUT2D eigenvalue weighted by Gasteiger charge is 2.29. The second kappa shape index (κ2) is 13.8. The molecule has 0 bridgehead atoms. The van der Waals surface area contributed by atoms with E-state index in [0.29, 0.717) is 33.4 Å². The third-order valence-electron chi connectivity index (χ3n) is 7.77. The Hall–Kier alpha value is -4.66. The van der Waals surface area contributed by atoms with Crippen LogP contribution in [-0.2, 0) is 12.8 Å². The molecule has 0 fully saturated rings. The van der Waals surface area contributed by atoms with Gasteiger partial charge in [-0.1, -0.05) is 87.5 Å². The minimum Gasteiger partial charge on any atom is -0.289 e. The molecule has 0 N–H and O–H groups in total. The molecule has 0 amide bonds. The summed E-state index contributed by atoms with van der Waals surface area (Å²) in [6, 6.07) is 27.3. The van der Waals surface area contributed by atoms with E-state index in [-0.39, 0.29) is 11.6 Å². The van der Waals surface area contributed by atoms with E-state index in [1.54, 1.807) is 24.3 Å². The fourth-order valence-corrected chi connectivity index (χ4v) is 5.26. The van der Waals surface area contributed by atoms with Gasteiger partial charge in [-0.3, -0.25) is 9.59 Å². The molecule has 208 valence electrons. The lowest BCUT2D eigenvalue weighted by molar-refractivity contribution is 0.0979. The average Bonchev–Trinajstić information content (AvgIpc) is 3.03. The van der Waals surface area contributed by atoms with E-state index in [1.165, 1.54) is 49.7 Å². The maximum atomic E-state index is 13.4. The molecule has 0 saturated heterocycles. The third kappa shape index (κ3) is 6.97. The summed E-state index contributed by atoms with van der Waals surface area (Å²) >= 11 is 0. The van der Waals surface area contributed by atoms with E-state index in [1.807, 2.05) is 36.4 Å². The second-order valence-corrected chi connectivity index (χ2v) is 11.0. The van der Waals surface area contributed by atoms with Crippen LogP contribution in [0.15, 0.2) is 84.9 Å². The minimum atomic E-state index is -0.155. The number of hydrogen-bond acceptors (Lipinski definition) is 2. The van der Waals surface area contributed by atoms with Crippen molar-refractivity contribution in [1.29, 1.82) is 0 Å². The zero-order valence-electron chi connectivity index (χ0n) is 24.6. The molecule has 4 aromatic carbocycles. The fourth-order valence-electron chi connectivity index (χ4n) is 5.26. The Morgan fingerprint density at radius 3 is 1.17 bits per heavy atom. The van der Waals surface area contributed by atoms with Crippen molar-refractivity contribution in [3.63, 3.8) is 0 Å². The Kier molecular flexibility index (Phi) is 9.48. The van der Waals surface area contributed by atoms with Gasteiger partial charge >= 0.3 is 0 Å². The van der Waals surface area contributed by atoms with Crippen molar-refractivity contribution in [3.05, 3.63) is 141 Å². The quantitative estimate of drug-likeness (QED) is 0.144. The highest BCUT2D eigenvalue weighted by atomic mass is 16.1. The van der Waals surface area contributed by atoms with Crippen LogP contribution in [0.4, 0.5) is 0 Å². The Labute approximate surface area is 250 Å². The van der Waals surface area contributed by atoms with Crippen LogP contribution in [0.2, 0.25) is 0 Å². The van der Waals surface area contributed by atoms with Gasteiger partial charge in [0.2, 0.25) is 0 Å². The van der Waals surface area contributed by atoms with Crippen molar-refractivity contribution in [2.24, 2.45) is 0 Å². The van der Waals surface area contributed by atoms with E-state index in [0.717, 1.165) is 24.0 Å². The summed E-state index contributed by atoms with van der Waals surface area (Å²) in [7, 11) is 0. The van der Waals surface area contributed by atoms with Crippen LogP contribution in [0.25, 0.3) is 0 Å². The van der Waals surface area contributed by atoms with Gasteiger partial charge in [-0.05, 0) is 97.5 Å². The molecule has 1 aliphatic carbocycles. The highest BCUT2D eigenvalue weighted by Crippen LogP contribution is 2.28. The van der Waals surface area contributed by atoms with Crippen molar-refractivity contribution in [1.82, 2.24) is 0 Å². The zero-order chi connectivity index (χ0) is 29.3. The van der Waals surface area contributed by atoms with Crippen LogP contribution < -0.4 is 0 Å². The van der Waals surface area contributed by atoms with Crippen LogP contribution in [-0.4, -0.2) is 11.6 Å². The molecule has 42 heavy (non-hydrogen) atoms. The lowest BCUT2D eigenvalue weighted by Crippen LogP contribution is -2.21. The van der Waals surface area contributed by atoms with Crippen LogP contribution in [0.1, 0.15) is 118 Å².